The Balaban J connectivity index is 1.72. The van der Waals surface area contributed by atoms with Gasteiger partial charge in [0, 0.05) is 24.3 Å². The zero-order chi connectivity index (χ0) is 19.4. The van der Waals surface area contributed by atoms with Gasteiger partial charge in [-0.05, 0) is 12.1 Å². The van der Waals surface area contributed by atoms with Crippen LogP contribution in [0.4, 0.5) is 33.6 Å². The lowest BCUT2D eigenvalue weighted by atomic mass is 10.1. The van der Waals surface area contributed by atoms with Crippen molar-refractivity contribution >= 4 is 11.6 Å². The third kappa shape index (κ3) is 5.23. The van der Waals surface area contributed by atoms with Crippen LogP contribution in [-0.4, -0.2) is 42.4 Å². The molecule has 0 radical (unpaired) electrons. The molecule has 2 aromatic rings. The molecule has 0 bridgehead atoms. The fourth-order valence-electron chi connectivity index (χ4n) is 2.42. The van der Waals surface area contributed by atoms with Crippen molar-refractivity contribution in [3.63, 3.8) is 0 Å². The maximum atomic E-state index is 14.3. The molecule has 1 fully saturated rings. The SMILES string of the molecule is Fc1cc(Nc2ncc(F)c(OCC(F)(F)F)n2)ccc1[C@@H]1CNCCO1. The molecule has 11 heteroatoms. The zero-order valence-corrected chi connectivity index (χ0v) is 13.8. The molecule has 0 spiro atoms. The molecule has 0 unspecified atom stereocenters. The van der Waals surface area contributed by atoms with Crippen molar-refractivity contribution in [2.75, 3.05) is 31.6 Å². The highest BCUT2D eigenvalue weighted by Crippen LogP contribution is 2.26. The molecule has 2 heterocycles. The first-order chi connectivity index (χ1) is 12.8. The average Bonchev–Trinajstić information content (AvgIpc) is 2.62. The van der Waals surface area contributed by atoms with Gasteiger partial charge in [-0.1, -0.05) is 6.07 Å². The zero-order valence-electron chi connectivity index (χ0n) is 13.8. The summed E-state index contributed by atoms with van der Waals surface area (Å²) in [6.45, 7) is -0.0591. The smallest absolute Gasteiger partial charge is 0.422 e. The van der Waals surface area contributed by atoms with Crippen molar-refractivity contribution in [3.05, 3.63) is 41.6 Å². The Kier molecular flexibility index (Phi) is 5.71. The van der Waals surface area contributed by atoms with Crippen LogP contribution in [0.1, 0.15) is 11.7 Å². The maximum absolute atomic E-state index is 14.3. The summed E-state index contributed by atoms with van der Waals surface area (Å²) in [5.41, 5.74) is 0.593. The summed E-state index contributed by atoms with van der Waals surface area (Å²) in [4.78, 5) is 7.14. The van der Waals surface area contributed by atoms with Gasteiger partial charge >= 0.3 is 6.18 Å². The van der Waals surface area contributed by atoms with E-state index in [-0.39, 0.29) is 11.6 Å². The molecule has 146 valence electrons. The summed E-state index contributed by atoms with van der Waals surface area (Å²) < 4.78 is 74.2. The number of rotatable bonds is 5. The minimum absolute atomic E-state index is 0.230. The monoisotopic (exact) mass is 390 g/mol. The first-order valence-corrected chi connectivity index (χ1v) is 7.93. The molecule has 1 aliphatic rings. The van der Waals surface area contributed by atoms with Gasteiger partial charge in [0.25, 0.3) is 5.88 Å². The lowest BCUT2D eigenvalue weighted by molar-refractivity contribution is -0.154. The van der Waals surface area contributed by atoms with E-state index < -0.39 is 36.4 Å². The Morgan fingerprint density at radius 1 is 1.26 bits per heavy atom. The van der Waals surface area contributed by atoms with Gasteiger partial charge in [-0.25, -0.2) is 9.37 Å². The lowest BCUT2D eigenvalue weighted by Crippen LogP contribution is -2.33. The van der Waals surface area contributed by atoms with E-state index in [1.54, 1.807) is 0 Å². The summed E-state index contributed by atoms with van der Waals surface area (Å²) in [5, 5.41) is 5.69. The van der Waals surface area contributed by atoms with Crippen LogP contribution >= 0.6 is 0 Å². The van der Waals surface area contributed by atoms with Gasteiger partial charge < -0.3 is 20.1 Å². The highest BCUT2D eigenvalue weighted by atomic mass is 19.4. The number of nitrogens with zero attached hydrogens (tertiary/aromatic N) is 2. The van der Waals surface area contributed by atoms with Crippen LogP contribution in [0.15, 0.2) is 24.4 Å². The molecular weight excluding hydrogens is 375 g/mol. The van der Waals surface area contributed by atoms with E-state index in [1.165, 1.54) is 12.1 Å². The Bertz CT molecular complexity index is 797. The summed E-state index contributed by atoms with van der Waals surface area (Å²) in [6.07, 6.45) is -4.40. The van der Waals surface area contributed by atoms with Gasteiger partial charge in [-0.15, -0.1) is 0 Å². The third-order valence-corrected chi connectivity index (χ3v) is 3.62. The van der Waals surface area contributed by atoms with Crippen molar-refractivity contribution in [1.29, 1.82) is 0 Å². The van der Waals surface area contributed by atoms with Gasteiger partial charge in [0.1, 0.15) is 5.82 Å². The molecule has 0 aliphatic carbocycles. The van der Waals surface area contributed by atoms with Crippen LogP contribution in [0, 0.1) is 11.6 Å². The van der Waals surface area contributed by atoms with Crippen molar-refractivity contribution in [3.8, 4) is 5.88 Å². The van der Waals surface area contributed by atoms with Crippen molar-refractivity contribution in [2.45, 2.75) is 12.3 Å². The van der Waals surface area contributed by atoms with Crippen molar-refractivity contribution in [2.24, 2.45) is 0 Å². The number of nitrogens with one attached hydrogen (secondary N) is 2. The van der Waals surface area contributed by atoms with Crippen LogP contribution in [0.3, 0.4) is 0 Å². The Morgan fingerprint density at radius 2 is 2.07 bits per heavy atom. The Hall–Kier alpha value is -2.53. The van der Waals surface area contributed by atoms with Crippen LogP contribution in [0.5, 0.6) is 5.88 Å². The molecule has 2 N–H and O–H groups in total. The number of anilines is 2. The molecule has 1 aliphatic heterocycles. The molecule has 3 rings (SSSR count). The van der Waals surface area contributed by atoms with Gasteiger partial charge in [0.05, 0.1) is 18.9 Å². The minimum atomic E-state index is -4.64. The molecule has 6 nitrogen and oxygen atoms in total. The van der Waals surface area contributed by atoms with E-state index in [4.69, 9.17) is 4.74 Å². The fraction of sp³-hybridized carbons (Fsp3) is 0.375. The number of aromatic nitrogens is 2. The number of hydrogen-bond donors (Lipinski definition) is 2. The van der Waals surface area contributed by atoms with Gasteiger partial charge in [0.2, 0.25) is 11.8 Å². The summed E-state index contributed by atoms with van der Waals surface area (Å²) in [6, 6.07) is 4.20. The molecule has 1 aromatic carbocycles. The lowest BCUT2D eigenvalue weighted by Gasteiger charge is -2.24. The van der Waals surface area contributed by atoms with Crippen LogP contribution in [0.25, 0.3) is 0 Å². The number of morpholine rings is 1. The molecular formula is C16H15F5N4O2. The van der Waals surface area contributed by atoms with Gasteiger partial charge in [0.15, 0.2) is 6.61 Å². The van der Waals surface area contributed by atoms with E-state index in [2.05, 4.69) is 25.3 Å². The quantitative estimate of drug-likeness (QED) is 0.765. The van der Waals surface area contributed by atoms with E-state index in [0.29, 0.717) is 31.5 Å². The molecule has 27 heavy (non-hydrogen) atoms. The number of benzene rings is 1. The maximum Gasteiger partial charge on any atom is 0.422 e. The van der Waals surface area contributed by atoms with Crippen LogP contribution in [0.2, 0.25) is 0 Å². The van der Waals surface area contributed by atoms with Gasteiger partial charge in [-0.2, -0.15) is 22.5 Å². The predicted molar refractivity (Wildman–Crippen MR) is 84.8 cm³/mol. The second kappa shape index (κ2) is 8.01. The number of alkyl halides is 3. The van der Waals surface area contributed by atoms with Gasteiger partial charge in [-0.3, -0.25) is 0 Å². The molecule has 0 amide bonds. The third-order valence-electron chi connectivity index (χ3n) is 3.62. The Labute approximate surface area is 150 Å². The number of halogens is 5. The average molecular weight is 390 g/mol. The molecule has 0 saturated carbocycles. The number of hydrogen-bond acceptors (Lipinski definition) is 6. The second-order valence-electron chi connectivity index (χ2n) is 5.68. The van der Waals surface area contributed by atoms with Crippen molar-refractivity contribution in [1.82, 2.24) is 15.3 Å². The largest absolute Gasteiger partial charge is 0.466 e. The summed E-state index contributed by atoms with van der Waals surface area (Å²) >= 11 is 0. The topological polar surface area (TPSA) is 68.3 Å². The van der Waals surface area contributed by atoms with Crippen LogP contribution in [-0.2, 0) is 4.74 Å². The van der Waals surface area contributed by atoms with E-state index in [0.717, 1.165) is 6.07 Å². The first kappa shape index (κ1) is 19.2. The fourth-order valence-corrected chi connectivity index (χ4v) is 2.42. The van der Waals surface area contributed by atoms with E-state index in [9.17, 15) is 22.0 Å². The summed E-state index contributed by atoms with van der Waals surface area (Å²) in [5.74, 6) is -2.78. The normalized spacial score (nSPS) is 17.6. The standard InChI is InChI=1S/C16H15F5N4O2/c17-11-5-9(1-2-10(11)13-7-22-3-4-26-13)24-15-23-6-12(18)14(25-15)27-8-16(19,20)21/h1-2,5-6,13,22H,3-4,7-8H2,(H,23,24,25)/t13-/m0/s1. The predicted octanol–water partition coefficient (Wildman–Crippen LogP) is 3.10. The molecule has 1 saturated heterocycles. The van der Waals surface area contributed by atoms with Crippen molar-refractivity contribution < 1.29 is 31.4 Å². The highest BCUT2D eigenvalue weighted by Gasteiger charge is 2.29. The minimum Gasteiger partial charge on any atom is -0.466 e. The van der Waals surface area contributed by atoms with E-state index >= 15 is 0 Å². The summed E-state index contributed by atoms with van der Waals surface area (Å²) in [7, 11) is 0. The van der Waals surface area contributed by atoms with E-state index in [1.807, 2.05) is 0 Å². The highest BCUT2D eigenvalue weighted by molar-refractivity contribution is 5.54. The first-order valence-electron chi connectivity index (χ1n) is 7.93. The van der Waals surface area contributed by atoms with Crippen LogP contribution < -0.4 is 15.4 Å². The molecule has 1 atom stereocenters. The Morgan fingerprint density at radius 3 is 2.74 bits per heavy atom. The molecule has 1 aromatic heterocycles. The second-order valence-corrected chi connectivity index (χ2v) is 5.68. The number of ether oxygens (including phenoxy) is 2.